The van der Waals surface area contributed by atoms with Crippen LogP contribution >= 0.6 is 0 Å². The molecule has 2 N–H and O–H groups in total. The summed E-state index contributed by atoms with van der Waals surface area (Å²) in [6, 6.07) is 7.16. The molecule has 0 spiro atoms. The molecule has 1 heterocycles. The first-order valence-corrected chi connectivity index (χ1v) is 5.88. The molecule has 0 fully saturated rings. The highest BCUT2D eigenvalue weighted by Gasteiger charge is 2.12. The van der Waals surface area contributed by atoms with E-state index >= 15 is 0 Å². The van der Waals surface area contributed by atoms with Gasteiger partial charge in [0.2, 0.25) is 5.91 Å². The summed E-state index contributed by atoms with van der Waals surface area (Å²) in [7, 11) is 0. The first kappa shape index (κ1) is 12.2. The van der Waals surface area contributed by atoms with Crippen LogP contribution < -0.4 is 10.7 Å². The number of anilines is 1. The summed E-state index contributed by atoms with van der Waals surface area (Å²) in [6.07, 6.45) is 0. The van der Waals surface area contributed by atoms with Gasteiger partial charge in [-0.2, -0.15) is 0 Å². The van der Waals surface area contributed by atoms with Crippen LogP contribution in [0.3, 0.4) is 0 Å². The molecule has 1 aromatic rings. The topological polar surface area (TPSA) is 92.4 Å². The molecular weight excluding hydrogens is 260 g/mol. The Labute approximate surface area is 113 Å². The van der Waals surface area contributed by atoms with Crippen molar-refractivity contribution < 1.29 is 14.3 Å². The first-order valence-electron chi connectivity index (χ1n) is 5.88. The first-order chi connectivity index (χ1) is 9.52. The molecule has 1 amide bonds. The molecule has 100 valence electrons. The second kappa shape index (κ2) is 4.34. The molecule has 6 heteroatoms. The molecule has 3 rings (SSSR count). The maximum Gasteiger partial charge on any atom is 0.221 e. The molecule has 0 aromatic heterocycles. The molecule has 1 aliphatic carbocycles. The minimum Gasteiger partial charge on any atom is -0.506 e. The SMILES string of the molecule is CC(=O)Nc1cc2nc3ccc(=O)cc-3oc2cc1O. The standard InChI is InChI=1S/C14H10N2O4/c1-7(17)15-10-5-11-14(6-12(10)19)20-13-4-8(18)2-3-9(13)16-11/h2-6,19H,1H3,(H,15,17). The van der Waals surface area contributed by atoms with Gasteiger partial charge in [-0.3, -0.25) is 9.59 Å². The molecule has 0 radical (unpaired) electrons. The van der Waals surface area contributed by atoms with E-state index in [2.05, 4.69) is 10.3 Å². The molecule has 0 atom stereocenters. The number of phenols is 1. The van der Waals surface area contributed by atoms with Crippen LogP contribution in [0, 0.1) is 0 Å². The Hall–Kier alpha value is -2.89. The normalized spacial score (nSPS) is 10.8. The van der Waals surface area contributed by atoms with Gasteiger partial charge in [-0.1, -0.05) is 0 Å². The summed E-state index contributed by atoms with van der Waals surface area (Å²) in [4.78, 5) is 26.7. The Bertz CT molecular complexity index is 854. The lowest BCUT2D eigenvalue weighted by atomic mass is 10.2. The van der Waals surface area contributed by atoms with Crippen molar-refractivity contribution in [2.45, 2.75) is 6.92 Å². The van der Waals surface area contributed by atoms with Gasteiger partial charge in [-0.15, -0.1) is 0 Å². The fourth-order valence-electron chi connectivity index (χ4n) is 1.93. The maximum absolute atomic E-state index is 11.3. The summed E-state index contributed by atoms with van der Waals surface area (Å²) < 4.78 is 5.53. The summed E-state index contributed by atoms with van der Waals surface area (Å²) >= 11 is 0. The second-order valence-corrected chi connectivity index (χ2v) is 4.36. The quantitative estimate of drug-likeness (QED) is 0.521. The van der Waals surface area contributed by atoms with Crippen LogP contribution in [0.15, 0.2) is 39.5 Å². The Morgan fingerprint density at radius 3 is 2.85 bits per heavy atom. The molecule has 6 nitrogen and oxygen atoms in total. The maximum atomic E-state index is 11.3. The van der Waals surface area contributed by atoms with E-state index in [0.717, 1.165) is 0 Å². The van der Waals surface area contributed by atoms with Crippen LogP contribution in [-0.4, -0.2) is 16.0 Å². The lowest BCUT2D eigenvalue weighted by Gasteiger charge is -2.09. The van der Waals surface area contributed by atoms with Crippen molar-refractivity contribution in [3.8, 4) is 17.2 Å². The van der Waals surface area contributed by atoms with Crippen molar-refractivity contribution in [1.82, 2.24) is 4.98 Å². The molecule has 0 saturated carbocycles. The number of aromatic nitrogens is 1. The van der Waals surface area contributed by atoms with Gasteiger partial charge < -0.3 is 14.8 Å². The van der Waals surface area contributed by atoms with Crippen LogP contribution in [0.1, 0.15) is 6.92 Å². The zero-order valence-corrected chi connectivity index (χ0v) is 10.5. The van der Waals surface area contributed by atoms with Crippen LogP contribution in [0.2, 0.25) is 0 Å². The predicted octanol–water partition coefficient (Wildman–Crippen LogP) is 1.96. The van der Waals surface area contributed by atoms with Crippen LogP contribution in [0.25, 0.3) is 22.6 Å². The van der Waals surface area contributed by atoms with Gasteiger partial charge in [0.05, 0.1) is 5.69 Å². The number of carbonyl (C=O) groups excluding carboxylic acids is 1. The highest BCUT2D eigenvalue weighted by atomic mass is 16.3. The molecule has 1 aliphatic heterocycles. The molecule has 1 aromatic carbocycles. The highest BCUT2D eigenvalue weighted by molar-refractivity contribution is 5.93. The van der Waals surface area contributed by atoms with Crippen molar-refractivity contribution in [1.29, 1.82) is 0 Å². The molecule has 0 bridgehead atoms. The number of amides is 1. The fraction of sp³-hybridized carbons (Fsp3) is 0.0714. The number of hydrogen-bond acceptors (Lipinski definition) is 5. The zero-order valence-electron chi connectivity index (χ0n) is 10.5. The van der Waals surface area contributed by atoms with E-state index < -0.39 is 0 Å². The van der Waals surface area contributed by atoms with Crippen molar-refractivity contribution >= 4 is 22.7 Å². The van der Waals surface area contributed by atoms with Crippen molar-refractivity contribution in [2.75, 3.05) is 5.32 Å². The number of carbonyl (C=O) groups is 1. The summed E-state index contributed by atoms with van der Waals surface area (Å²) in [5, 5.41) is 12.3. The third kappa shape index (κ3) is 2.07. The molecule has 20 heavy (non-hydrogen) atoms. The van der Waals surface area contributed by atoms with Crippen LogP contribution in [0.5, 0.6) is 5.75 Å². The summed E-state index contributed by atoms with van der Waals surface area (Å²) in [6.45, 7) is 1.34. The lowest BCUT2D eigenvalue weighted by Crippen LogP contribution is -2.06. The molecule has 0 saturated heterocycles. The van der Waals surface area contributed by atoms with Gasteiger partial charge in [0.15, 0.2) is 16.8 Å². The van der Waals surface area contributed by atoms with E-state index in [0.29, 0.717) is 22.6 Å². The molecule has 2 aliphatic rings. The predicted molar refractivity (Wildman–Crippen MR) is 72.9 cm³/mol. The summed E-state index contributed by atoms with van der Waals surface area (Å²) in [5.74, 6) is -0.0825. The van der Waals surface area contributed by atoms with Crippen LogP contribution in [-0.2, 0) is 4.79 Å². The third-order valence-corrected chi connectivity index (χ3v) is 2.78. The Balaban J connectivity index is 2.27. The monoisotopic (exact) mass is 270 g/mol. The van der Waals surface area contributed by atoms with Gasteiger partial charge in [0, 0.05) is 19.1 Å². The smallest absolute Gasteiger partial charge is 0.221 e. The Morgan fingerprint density at radius 2 is 2.10 bits per heavy atom. The number of rotatable bonds is 1. The number of nitrogens with one attached hydrogen (secondary N) is 1. The van der Waals surface area contributed by atoms with Gasteiger partial charge in [-0.25, -0.2) is 4.98 Å². The molecular formula is C14H10N2O4. The number of hydrogen-bond donors (Lipinski definition) is 2. The Morgan fingerprint density at radius 1 is 1.30 bits per heavy atom. The number of aromatic hydroxyl groups is 1. The number of phenolic OH excluding ortho intramolecular Hbond substituents is 1. The average Bonchev–Trinajstić information content (AvgIpc) is 2.37. The van der Waals surface area contributed by atoms with E-state index in [-0.39, 0.29) is 22.8 Å². The van der Waals surface area contributed by atoms with Gasteiger partial charge in [0.25, 0.3) is 0 Å². The van der Waals surface area contributed by atoms with Crippen molar-refractivity contribution in [2.24, 2.45) is 0 Å². The molecule has 0 unspecified atom stereocenters. The minimum atomic E-state index is -0.298. The largest absolute Gasteiger partial charge is 0.506 e. The van der Waals surface area contributed by atoms with Gasteiger partial charge in [0.1, 0.15) is 17.0 Å². The number of nitrogens with zero attached hydrogens (tertiary/aromatic N) is 1. The third-order valence-electron chi connectivity index (χ3n) is 2.78. The minimum absolute atomic E-state index is 0.129. The number of fused-ring (bicyclic) bond motifs is 2. The van der Waals surface area contributed by atoms with E-state index in [9.17, 15) is 14.7 Å². The fourth-order valence-corrected chi connectivity index (χ4v) is 1.93. The Kier molecular flexibility index (Phi) is 2.64. The van der Waals surface area contributed by atoms with E-state index in [4.69, 9.17) is 4.42 Å². The van der Waals surface area contributed by atoms with Gasteiger partial charge in [-0.05, 0) is 18.2 Å². The van der Waals surface area contributed by atoms with Crippen molar-refractivity contribution in [3.63, 3.8) is 0 Å². The second-order valence-electron chi connectivity index (χ2n) is 4.36. The number of benzene rings is 2. The van der Waals surface area contributed by atoms with E-state index in [1.807, 2.05) is 0 Å². The van der Waals surface area contributed by atoms with Crippen LogP contribution in [0.4, 0.5) is 5.69 Å². The summed E-state index contributed by atoms with van der Waals surface area (Å²) in [5.41, 5.74) is 1.40. The van der Waals surface area contributed by atoms with Crippen molar-refractivity contribution in [3.05, 3.63) is 40.6 Å². The highest BCUT2D eigenvalue weighted by Crippen LogP contribution is 2.31. The van der Waals surface area contributed by atoms with E-state index in [1.54, 1.807) is 6.07 Å². The van der Waals surface area contributed by atoms with E-state index in [1.165, 1.54) is 31.2 Å². The van der Waals surface area contributed by atoms with Gasteiger partial charge >= 0.3 is 0 Å². The zero-order chi connectivity index (χ0) is 14.3. The average molecular weight is 270 g/mol. The lowest BCUT2D eigenvalue weighted by molar-refractivity contribution is -0.114.